The van der Waals surface area contributed by atoms with Crippen molar-refractivity contribution < 1.29 is 16.8 Å². The Labute approximate surface area is 337 Å². The third kappa shape index (κ3) is 8.55. The average Bonchev–Trinajstić information content (AvgIpc) is 3.14. The largest absolute Gasteiger partial charge is 0.301 e. The summed E-state index contributed by atoms with van der Waals surface area (Å²) in [5, 5.41) is 2.31. The second-order valence-corrected chi connectivity index (χ2v) is 19.8. The van der Waals surface area contributed by atoms with E-state index >= 15 is 0 Å². The molecule has 0 aliphatic carbocycles. The predicted octanol–water partition coefficient (Wildman–Crippen LogP) is 8.95. The first-order chi connectivity index (χ1) is 25.7. The van der Waals surface area contributed by atoms with Gasteiger partial charge in [-0.3, -0.25) is 0 Å². The summed E-state index contributed by atoms with van der Waals surface area (Å²) in [6.07, 6.45) is 0.307. The number of nitrogens with one attached hydrogen (secondary N) is 1. The number of halogens is 4. The van der Waals surface area contributed by atoms with Crippen LogP contribution in [0, 0.1) is 0 Å². The Hall–Kier alpha value is -2.96. The average molecular weight is 844 g/mol. The molecule has 0 saturated carbocycles. The number of hydrogen-bond acceptors (Lipinski definition) is 6. The number of benzene rings is 5. The Kier molecular flexibility index (Phi) is 11.6. The van der Waals surface area contributed by atoms with Gasteiger partial charge in [-0.2, -0.15) is 0 Å². The van der Waals surface area contributed by atoms with Crippen LogP contribution in [0.1, 0.15) is 56.3 Å². The van der Waals surface area contributed by atoms with Crippen molar-refractivity contribution in [1.29, 1.82) is 0 Å². The molecule has 2 atom stereocenters. The lowest BCUT2D eigenvalue weighted by Crippen LogP contribution is -2.31. The first-order valence-electron chi connectivity index (χ1n) is 17.5. The van der Waals surface area contributed by atoms with Crippen molar-refractivity contribution in [2.24, 2.45) is 0 Å². The summed E-state index contributed by atoms with van der Waals surface area (Å²) < 4.78 is 56.8. The quantitative estimate of drug-likeness (QED) is 0.151. The monoisotopic (exact) mass is 841 g/mol. The maximum Gasteiger partial charge on any atom is 0.240 e. The molecule has 0 radical (unpaired) electrons. The normalized spacial score (nSPS) is 18.0. The van der Waals surface area contributed by atoms with Crippen LogP contribution in [0.15, 0.2) is 107 Å². The molecule has 2 aliphatic rings. The molecule has 5 aromatic rings. The van der Waals surface area contributed by atoms with Crippen LogP contribution >= 0.6 is 46.4 Å². The second kappa shape index (κ2) is 15.9. The second-order valence-electron chi connectivity index (χ2n) is 14.3. The van der Waals surface area contributed by atoms with Crippen LogP contribution in [0.4, 0.5) is 0 Å². The van der Waals surface area contributed by atoms with Gasteiger partial charge in [0.05, 0.1) is 15.5 Å². The van der Waals surface area contributed by atoms with Crippen molar-refractivity contribution in [1.82, 2.24) is 14.5 Å². The molecule has 54 heavy (non-hydrogen) atoms. The first kappa shape index (κ1) is 39.3. The topological polar surface area (TPSA) is 86.8 Å². The van der Waals surface area contributed by atoms with Crippen molar-refractivity contribution in [2.75, 3.05) is 32.9 Å². The van der Waals surface area contributed by atoms with E-state index in [0.29, 0.717) is 52.7 Å². The summed E-state index contributed by atoms with van der Waals surface area (Å²) in [7, 11) is -3.42. The number of aryl methyl sites for hydroxylation is 1. The van der Waals surface area contributed by atoms with Crippen LogP contribution in [0.25, 0.3) is 0 Å². The maximum atomic E-state index is 13.6. The molecule has 2 unspecified atom stereocenters. The molecular weight excluding hydrogens is 804 g/mol. The fourth-order valence-electron chi connectivity index (χ4n) is 7.54. The Bertz CT molecular complexity index is 2270. The highest BCUT2D eigenvalue weighted by molar-refractivity contribution is 7.91. The number of nitrogens with zero attached hydrogens (tertiary/aromatic N) is 2. The Morgan fingerprint density at radius 2 is 1.11 bits per heavy atom. The lowest BCUT2D eigenvalue weighted by atomic mass is 9.85. The van der Waals surface area contributed by atoms with Crippen LogP contribution in [-0.4, -0.2) is 59.6 Å². The Balaban J connectivity index is 0.998. The van der Waals surface area contributed by atoms with Gasteiger partial charge in [-0.05, 0) is 114 Å². The first-order valence-corrected chi connectivity index (χ1v) is 22.1. The Morgan fingerprint density at radius 3 is 1.65 bits per heavy atom. The van der Waals surface area contributed by atoms with E-state index in [9.17, 15) is 16.8 Å². The Morgan fingerprint density at radius 1 is 0.630 bits per heavy atom. The van der Waals surface area contributed by atoms with Gasteiger partial charge in [-0.25, -0.2) is 21.6 Å². The number of sulfonamides is 1. The van der Waals surface area contributed by atoms with Crippen molar-refractivity contribution in [2.45, 2.75) is 47.7 Å². The lowest BCUT2D eigenvalue weighted by Gasteiger charge is -2.33. The molecule has 5 aromatic carbocycles. The fourth-order valence-corrected chi connectivity index (χ4v) is 11.1. The number of likely N-dealkylation sites (N-methyl/N-ethyl adjacent to an activating group) is 2. The molecule has 1 N–H and O–H groups in total. The van der Waals surface area contributed by atoms with Crippen molar-refractivity contribution in [3.8, 4) is 0 Å². The minimum Gasteiger partial charge on any atom is -0.301 e. The predicted molar refractivity (Wildman–Crippen MR) is 218 cm³/mol. The van der Waals surface area contributed by atoms with E-state index in [1.54, 1.807) is 48.5 Å². The molecule has 0 aromatic heterocycles. The van der Waals surface area contributed by atoms with E-state index < -0.39 is 19.9 Å². The molecule has 7 nitrogen and oxygen atoms in total. The van der Waals surface area contributed by atoms with Crippen molar-refractivity contribution in [3.05, 3.63) is 162 Å². The van der Waals surface area contributed by atoms with E-state index in [2.05, 4.69) is 14.5 Å². The van der Waals surface area contributed by atoms with Crippen LogP contribution in [-0.2, 0) is 45.9 Å². The summed E-state index contributed by atoms with van der Waals surface area (Å²) in [5.41, 5.74) is 7.35. The highest BCUT2D eigenvalue weighted by Crippen LogP contribution is 2.40. The van der Waals surface area contributed by atoms with Gasteiger partial charge in [0.15, 0.2) is 9.84 Å². The number of sulfone groups is 1. The van der Waals surface area contributed by atoms with Crippen LogP contribution in [0.3, 0.4) is 0 Å². The fraction of sp³-hybridized carbons (Fsp3) is 0.268. The summed E-state index contributed by atoms with van der Waals surface area (Å²) in [6.45, 7) is 2.86. The zero-order chi connectivity index (χ0) is 38.4. The van der Waals surface area contributed by atoms with Gasteiger partial charge >= 0.3 is 0 Å². The maximum absolute atomic E-state index is 13.6. The molecule has 0 bridgehead atoms. The van der Waals surface area contributed by atoms with Gasteiger partial charge in [0, 0.05) is 64.7 Å². The third-order valence-electron chi connectivity index (χ3n) is 10.3. The van der Waals surface area contributed by atoms with E-state index in [4.69, 9.17) is 46.4 Å². The van der Waals surface area contributed by atoms with Crippen LogP contribution in [0.5, 0.6) is 0 Å². The smallest absolute Gasteiger partial charge is 0.240 e. The SMILES string of the molecule is CN1Cc2c(Cl)cc(Cl)cc2C(c2cccc(S(=O)(=O)CCc3ccc(CNS(=O)(=O)c4cccc(C5CN(C)Cc6c(Cl)cc(Cl)cc65)c4)cc3)c2)C1. The minimum absolute atomic E-state index is 0.0722. The molecular formula is C41H39Cl4N3O4S2. The molecule has 0 spiro atoms. The molecule has 0 saturated heterocycles. The minimum atomic E-state index is -3.84. The molecule has 7 rings (SSSR count). The molecule has 0 amide bonds. The summed E-state index contributed by atoms with van der Waals surface area (Å²) in [6, 6.07) is 28.8. The third-order valence-corrected chi connectivity index (χ3v) is 14.5. The summed E-state index contributed by atoms with van der Waals surface area (Å²) in [5.74, 6) is -0.243. The van der Waals surface area contributed by atoms with Gasteiger partial charge in [0.1, 0.15) is 0 Å². The number of rotatable bonds is 10. The van der Waals surface area contributed by atoms with Crippen molar-refractivity contribution >= 4 is 66.3 Å². The molecule has 2 aliphatic heterocycles. The molecule has 13 heteroatoms. The van der Waals surface area contributed by atoms with E-state index in [1.165, 1.54) is 0 Å². The van der Waals surface area contributed by atoms with Crippen molar-refractivity contribution in [3.63, 3.8) is 0 Å². The molecule has 2 heterocycles. The lowest BCUT2D eigenvalue weighted by molar-refractivity contribution is 0.295. The van der Waals surface area contributed by atoms with E-state index in [1.807, 2.05) is 62.6 Å². The van der Waals surface area contributed by atoms with Crippen LogP contribution < -0.4 is 4.72 Å². The summed E-state index contributed by atoms with van der Waals surface area (Å²) in [4.78, 5) is 4.77. The van der Waals surface area contributed by atoms with Gasteiger partial charge in [0.2, 0.25) is 10.0 Å². The highest BCUT2D eigenvalue weighted by Gasteiger charge is 2.30. The zero-order valence-corrected chi connectivity index (χ0v) is 34.4. The standard InChI is InChI=1S/C41H39Cl4N3O4S2/c1-47-22-36(34-17-30(42)19-40(44)38(34)24-47)28-5-3-7-32(15-28)53(49,50)14-13-26-9-11-27(12-10-26)21-46-54(51,52)33-8-4-6-29(16-33)37-23-48(2)25-39-35(37)18-31(43)20-41(39)45/h3-12,15-20,36-37,46H,13-14,21-25H2,1-2H3. The summed E-state index contributed by atoms with van der Waals surface area (Å²) >= 11 is 25.8. The van der Waals surface area contributed by atoms with Crippen LogP contribution in [0.2, 0.25) is 20.1 Å². The highest BCUT2D eigenvalue weighted by atomic mass is 35.5. The van der Waals surface area contributed by atoms with Gasteiger partial charge in [0.25, 0.3) is 0 Å². The van der Waals surface area contributed by atoms with Gasteiger partial charge in [-0.15, -0.1) is 0 Å². The van der Waals surface area contributed by atoms with Gasteiger partial charge in [-0.1, -0.05) is 94.9 Å². The number of fused-ring (bicyclic) bond motifs is 2. The zero-order valence-electron chi connectivity index (χ0n) is 29.7. The van der Waals surface area contributed by atoms with E-state index in [-0.39, 0.29) is 33.9 Å². The number of hydrogen-bond donors (Lipinski definition) is 1. The molecule has 282 valence electrons. The van der Waals surface area contributed by atoms with E-state index in [0.717, 1.165) is 44.5 Å². The van der Waals surface area contributed by atoms with Gasteiger partial charge < -0.3 is 9.80 Å². The molecule has 0 fully saturated rings.